The van der Waals surface area contributed by atoms with Gasteiger partial charge in [-0.1, -0.05) is 54.4 Å². The van der Waals surface area contributed by atoms with Gasteiger partial charge in [0.1, 0.15) is 0 Å². The number of hydrogen-bond acceptors (Lipinski definition) is 2. The lowest BCUT2D eigenvalue weighted by atomic mass is 10.1. The first-order valence-corrected chi connectivity index (χ1v) is 9.38. The van der Waals surface area contributed by atoms with E-state index in [-0.39, 0.29) is 5.91 Å². The second kappa shape index (κ2) is 9.02. The van der Waals surface area contributed by atoms with Crippen molar-refractivity contribution in [3.63, 3.8) is 0 Å². The van der Waals surface area contributed by atoms with E-state index >= 15 is 0 Å². The van der Waals surface area contributed by atoms with E-state index in [1.165, 1.54) is 37.9 Å². The quantitative estimate of drug-likeness (QED) is 0.841. The molecule has 0 saturated carbocycles. The highest BCUT2D eigenvalue weighted by molar-refractivity contribution is 6.30. The average Bonchev–Trinajstić information content (AvgIpc) is 2.63. The van der Waals surface area contributed by atoms with E-state index in [4.69, 9.17) is 11.6 Å². The third-order valence-corrected chi connectivity index (χ3v) is 4.87. The summed E-state index contributed by atoms with van der Waals surface area (Å²) in [5.74, 6) is 0.0313. The number of likely N-dealkylation sites (tertiary alicyclic amines) is 1. The molecule has 1 fully saturated rings. The van der Waals surface area contributed by atoms with Crippen molar-refractivity contribution in [3.05, 3.63) is 70.2 Å². The van der Waals surface area contributed by atoms with Crippen LogP contribution in [0.25, 0.3) is 0 Å². The summed E-state index contributed by atoms with van der Waals surface area (Å²) < 4.78 is 0. The Balaban J connectivity index is 1.49. The third-order valence-electron chi connectivity index (χ3n) is 4.61. The van der Waals surface area contributed by atoms with Crippen molar-refractivity contribution in [2.24, 2.45) is 0 Å². The summed E-state index contributed by atoms with van der Waals surface area (Å²) in [5.41, 5.74) is 3.45. The van der Waals surface area contributed by atoms with E-state index in [9.17, 15) is 4.79 Å². The van der Waals surface area contributed by atoms with Crippen LogP contribution in [0, 0.1) is 0 Å². The molecule has 3 nitrogen and oxygen atoms in total. The van der Waals surface area contributed by atoms with Gasteiger partial charge < -0.3 is 5.32 Å². The molecule has 0 aliphatic carbocycles. The molecule has 0 unspecified atom stereocenters. The van der Waals surface area contributed by atoms with Crippen molar-refractivity contribution in [2.45, 2.75) is 38.8 Å². The van der Waals surface area contributed by atoms with Gasteiger partial charge in [0.2, 0.25) is 5.91 Å². The Morgan fingerprint density at radius 2 is 1.68 bits per heavy atom. The smallest absolute Gasteiger partial charge is 0.224 e. The number of nitrogens with one attached hydrogen (secondary N) is 1. The van der Waals surface area contributed by atoms with Crippen molar-refractivity contribution in [2.75, 3.05) is 13.1 Å². The van der Waals surface area contributed by atoms with Crippen molar-refractivity contribution in [1.82, 2.24) is 10.2 Å². The molecule has 2 aromatic rings. The van der Waals surface area contributed by atoms with Gasteiger partial charge in [0, 0.05) is 18.1 Å². The number of nitrogens with zero attached hydrogens (tertiary/aromatic N) is 1. The predicted molar refractivity (Wildman–Crippen MR) is 103 cm³/mol. The fourth-order valence-corrected chi connectivity index (χ4v) is 3.39. The van der Waals surface area contributed by atoms with E-state index in [0.29, 0.717) is 18.0 Å². The normalized spacial score (nSPS) is 15.1. The first-order valence-electron chi connectivity index (χ1n) is 9.00. The van der Waals surface area contributed by atoms with Gasteiger partial charge in [-0.05, 0) is 54.8 Å². The molecule has 1 amide bonds. The Morgan fingerprint density at radius 3 is 2.44 bits per heavy atom. The van der Waals surface area contributed by atoms with Gasteiger partial charge in [0.05, 0.1) is 6.42 Å². The summed E-state index contributed by atoms with van der Waals surface area (Å²) in [6.45, 7) is 3.97. The molecule has 2 aromatic carbocycles. The fourth-order valence-electron chi connectivity index (χ4n) is 3.26. The lowest BCUT2D eigenvalue weighted by molar-refractivity contribution is -0.120. The highest BCUT2D eigenvalue weighted by atomic mass is 35.5. The van der Waals surface area contributed by atoms with E-state index < -0.39 is 0 Å². The lowest BCUT2D eigenvalue weighted by Gasteiger charge is -2.26. The van der Waals surface area contributed by atoms with Crippen LogP contribution in [0.4, 0.5) is 0 Å². The van der Waals surface area contributed by atoms with Crippen molar-refractivity contribution < 1.29 is 4.79 Å². The maximum atomic E-state index is 12.1. The van der Waals surface area contributed by atoms with Crippen LogP contribution in [-0.2, 0) is 24.3 Å². The minimum Gasteiger partial charge on any atom is -0.352 e. The van der Waals surface area contributed by atoms with Crippen LogP contribution in [0.5, 0.6) is 0 Å². The number of benzene rings is 2. The number of carbonyl (C=O) groups excluding carboxylic acids is 1. The second-order valence-corrected chi connectivity index (χ2v) is 7.17. The number of carbonyl (C=O) groups is 1. The molecule has 132 valence electrons. The highest BCUT2D eigenvalue weighted by Gasteiger charge is 2.10. The molecular formula is C21H25ClN2O. The zero-order valence-corrected chi connectivity index (χ0v) is 15.3. The van der Waals surface area contributed by atoms with Gasteiger partial charge >= 0.3 is 0 Å². The van der Waals surface area contributed by atoms with Crippen LogP contribution in [0.3, 0.4) is 0 Å². The molecule has 4 heteroatoms. The lowest BCUT2D eigenvalue weighted by Crippen LogP contribution is -2.29. The van der Waals surface area contributed by atoms with Gasteiger partial charge in [0.15, 0.2) is 0 Å². The molecular weight excluding hydrogens is 332 g/mol. The molecule has 3 rings (SSSR count). The first kappa shape index (κ1) is 18.0. The van der Waals surface area contributed by atoms with Crippen molar-refractivity contribution in [1.29, 1.82) is 0 Å². The number of rotatable bonds is 6. The topological polar surface area (TPSA) is 32.3 Å². The number of hydrogen-bond donors (Lipinski definition) is 1. The molecule has 0 radical (unpaired) electrons. The Bertz CT molecular complexity index is 693. The van der Waals surface area contributed by atoms with E-state index in [0.717, 1.165) is 17.7 Å². The monoisotopic (exact) mass is 356 g/mol. The van der Waals surface area contributed by atoms with Gasteiger partial charge in [-0.3, -0.25) is 9.69 Å². The van der Waals surface area contributed by atoms with Gasteiger partial charge in [0.25, 0.3) is 0 Å². The van der Waals surface area contributed by atoms with Crippen LogP contribution in [-0.4, -0.2) is 23.9 Å². The van der Waals surface area contributed by atoms with Crippen molar-refractivity contribution in [3.8, 4) is 0 Å². The van der Waals surface area contributed by atoms with Crippen LogP contribution in [0.15, 0.2) is 48.5 Å². The first-order chi connectivity index (χ1) is 12.2. The molecule has 0 spiro atoms. The van der Waals surface area contributed by atoms with Gasteiger partial charge in [-0.25, -0.2) is 0 Å². The van der Waals surface area contributed by atoms with Crippen LogP contribution >= 0.6 is 11.6 Å². The number of piperidine rings is 1. The largest absolute Gasteiger partial charge is 0.352 e. The molecule has 1 N–H and O–H groups in total. The number of amides is 1. The highest BCUT2D eigenvalue weighted by Crippen LogP contribution is 2.14. The Kier molecular flexibility index (Phi) is 6.48. The molecule has 1 saturated heterocycles. The maximum absolute atomic E-state index is 12.1. The van der Waals surface area contributed by atoms with E-state index in [2.05, 4.69) is 34.5 Å². The third kappa shape index (κ3) is 5.87. The fraction of sp³-hybridized carbons (Fsp3) is 0.381. The number of halogens is 1. The second-order valence-electron chi connectivity index (χ2n) is 6.74. The molecule has 1 heterocycles. The van der Waals surface area contributed by atoms with Gasteiger partial charge in [-0.15, -0.1) is 0 Å². The van der Waals surface area contributed by atoms with Crippen LogP contribution in [0.2, 0.25) is 5.02 Å². The standard InChI is InChI=1S/C21H25ClN2O/c22-20-9-7-17(8-10-20)14-21(25)23-15-18-5-4-6-19(13-18)16-24-11-2-1-3-12-24/h4-10,13H,1-3,11-12,14-16H2,(H,23,25). The predicted octanol–water partition coefficient (Wildman–Crippen LogP) is 4.18. The summed E-state index contributed by atoms with van der Waals surface area (Å²) in [7, 11) is 0. The van der Waals surface area contributed by atoms with Crippen molar-refractivity contribution >= 4 is 17.5 Å². The summed E-state index contributed by atoms with van der Waals surface area (Å²) in [5, 5.41) is 3.70. The Labute approximate surface area is 155 Å². The van der Waals surface area contributed by atoms with Crippen LogP contribution in [0.1, 0.15) is 36.0 Å². The Hall–Kier alpha value is -1.84. The maximum Gasteiger partial charge on any atom is 0.224 e. The summed E-state index contributed by atoms with van der Waals surface area (Å²) >= 11 is 5.87. The molecule has 0 atom stereocenters. The molecule has 25 heavy (non-hydrogen) atoms. The summed E-state index contributed by atoms with van der Waals surface area (Å²) in [4.78, 5) is 14.6. The molecule has 0 aromatic heterocycles. The Morgan fingerprint density at radius 1 is 0.960 bits per heavy atom. The van der Waals surface area contributed by atoms with E-state index in [1.54, 1.807) is 0 Å². The summed E-state index contributed by atoms with van der Waals surface area (Å²) in [6, 6.07) is 15.9. The average molecular weight is 357 g/mol. The summed E-state index contributed by atoms with van der Waals surface area (Å²) in [6.07, 6.45) is 4.35. The minimum absolute atomic E-state index is 0.0313. The zero-order chi connectivity index (χ0) is 17.5. The van der Waals surface area contributed by atoms with Crippen LogP contribution < -0.4 is 5.32 Å². The SMILES string of the molecule is O=C(Cc1ccc(Cl)cc1)NCc1cccc(CN2CCCCC2)c1. The van der Waals surface area contributed by atoms with E-state index in [1.807, 2.05) is 24.3 Å². The molecule has 1 aliphatic rings. The molecule has 0 bridgehead atoms. The minimum atomic E-state index is 0.0313. The zero-order valence-electron chi connectivity index (χ0n) is 14.5. The molecule has 1 aliphatic heterocycles. The van der Waals surface area contributed by atoms with Gasteiger partial charge in [-0.2, -0.15) is 0 Å².